The van der Waals surface area contributed by atoms with Crippen LogP contribution in [0.1, 0.15) is 60.8 Å². The first-order valence-electron chi connectivity index (χ1n) is 12.8. The fraction of sp³-hybridized carbons (Fsp3) is 0.500. The van der Waals surface area contributed by atoms with E-state index in [9.17, 15) is 29.7 Å². The van der Waals surface area contributed by atoms with E-state index in [4.69, 9.17) is 4.74 Å². The van der Waals surface area contributed by atoms with E-state index in [1.807, 2.05) is 83.2 Å². The topological polar surface area (TPSA) is 133 Å². The molecule has 1 aliphatic rings. The van der Waals surface area contributed by atoms with Gasteiger partial charge in [-0.2, -0.15) is 0 Å². The molecule has 8 heteroatoms. The molecular weight excluding hydrogens is 486 g/mol. The fourth-order valence-electron chi connectivity index (χ4n) is 3.98. The summed E-state index contributed by atoms with van der Waals surface area (Å²) in [5, 5.41) is 30.3. The van der Waals surface area contributed by atoms with Crippen LogP contribution in [0, 0.1) is 5.41 Å². The van der Waals surface area contributed by atoms with Gasteiger partial charge in [0.25, 0.3) is 0 Å². The smallest absolute Gasteiger partial charge is 0.307 e. The van der Waals surface area contributed by atoms with Crippen LogP contribution in [0.15, 0.2) is 70.9 Å². The third-order valence-electron chi connectivity index (χ3n) is 6.42. The molecule has 1 rings (SSSR count). The van der Waals surface area contributed by atoms with Crippen molar-refractivity contribution in [1.29, 1.82) is 0 Å². The molecule has 8 nitrogen and oxygen atoms in total. The Bertz CT molecular complexity index is 1030. The lowest BCUT2D eigenvalue weighted by Crippen LogP contribution is -2.57. The van der Waals surface area contributed by atoms with Crippen molar-refractivity contribution in [3.05, 3.63) is 70.9 Å². The number of hydrogen-bond donors (Lipinski definition) is 4. The summed E-state index contributed by atoms with van der Waals surface area (Å²) in [7, 11) is 0. The lowest BCUT2D eigenvalue weighted by Gasteiger charge is -2.36. The summed E-state index contributed by atoms with van der Waals surface area (Å²) >= 11 is 0. The predicted molar refractivity (Wildman–Crippen MR) is 148 cm³/mol. The third kappa shape index (κ3) is 10.0. The zero-order valence-corrected chi connectivity index (χ0v) is 23.4. The van der Waals surface area contributed by atoms with Crippen molar-refractivity contribution >= 4 is 17.7 Å². The number of esters is 1. The van der Waals surface area contributed by atoms with E-state index in [2.05, 4.69) is 5.32 Å². The Kier molecular flexibility index (Phi) is 13.3. The normalized spacial score (nSPS) is 19.2. The van der Waals surface area contributed by atoms with Crippen molar-refractivity contribution in [3.63, 3.8) is 0 Å². The lowest BCUT2D eigenvalue weighted by atomic mass is 9.71. The van der Waals surface area contributed by atoms with Gasteiger partial charge in [-0.15, -0.1) is 0 Å². The number of ketones is 1. The molecule has 0 spiro atoms. The number of aliphatic hydroxyl groups is 3. The molecule has 0 radical (unpaired) electrons. The van der Waals surface area contributed by atoms with Gasteiger partial charge in [-0.05, 0) is 44.3 Å². The van der Waals surface area contributed by atoms with Gasteiger partial charge < -0.3 is 25.4 Å². The second kappa shape index (κ2) is 15.4. The van der Waals surface area contributed by atoms with E-state index in [1.54, 1.807) is 6.92 Å². The van der Waals surface area contributed by atoms with E-state index in [0.29, 0.717) is 12.0 Å². The lowest BCUT2D eigenvalue weighted by molar-refractivity contribution is -0.156. The van der Waals surface area contributed by atoms with Crippen molar-refractivity contribution in [1.82, 2.24) is 5.32 Å². The highest BCUT2D eigenvalue weighted by Gasteiger charge is 2.40. The number of rotatable bonds is 13. The highest BCUT2D eigenvalue weighted by molar-refractivity contribution is 6.01. The van der Waals surface area contributed by atoms with Crippen LogP contribution in [0.2, 0.25) is 0 Å². The number of allylic oxidation sites excluding steroid dienone is 11. The summed E-state index contributed by atoms with van der Waals surface area (Å²) in [6.45, 7) is 9.68. The van der Waals surface area contributed by atoms with Crippen molar-refractivity contribution in [2.45, 2.75) is 72.4 Å². The quantitative estimate of drug-likeness (QED) is 0.212. The molecule has 1 unspecified atom stereocenters. The molecule has 0 fully saturated rings. The van der Waals surface area contributed by atoms with Crippen molar-refractivity contribution in [2.24, 2.45) is 5.41 Å². The van der Waals surface area contributed by atoms with Crippen LogP contribution in [0.25, 0.3) is 0 Å². The van der Waals surface area contributed by atoms with Gasteiger partial charge in [0.15, 0.2) is 11.9 Å². The Labute approximate surface area is 226 Å². The average molecular weight is 530 g/mol. The first-order chi connectivity index (χ1) is 17.8. The molecule has 210 valence electrons. The molecule has 0 saturated heterocycles. The highest BCUT2D eigenvalue weighted by Crippen LogP contribution is 2.40. The second-order valence-electron chi connectivity index (χ2n) is 10.3. The van der Waals surface area contributed by atoms with E-state index in [1.165, 1.54) is 0 Å². The first kappa shape index (κ1) is 33.0. The molecule has 0 aromatic rings. The molecule has 0 aromatic heterocycles. The van der Waals surface area contributed by atoms with Crippen molar-refractivity contribution in [2.75, 3.05) is 19.8 Å². The minimum absolute atomic E-state index is 0.270. The molecule has 1 atom stereocenters. The highest BCUT2D eigenvalue weighted by atomic mass is 16.5. The van der Waals surface area contributed by atoms with Crippen LogP contribution in [0.5, 0.6) is 0 Å². The van der Waals surface area contributed by atoms with Gasteiger partial charge in [0.2, 0.25) is 5.91 Å². The van der Waals surface area contributed by atoms with Gasteiger partial charge in [0, 0.05) is 12.8 Å². The summed E-state index contributed by atoms with van der Waals surface area (Å²) in [5.41, 5.74) is 1.55. The Morgan fingerprint density at radius 1 is 1.03 bits per heavy atom. The number of carbonyl (C=O) groups is 3. The van der Waals surface area contributed by atoms with Crippen LogP contribution in [-0.4, -0.2) is 64.4 Å². The van der Waals surface area contributed by atoms with Crippen molar-refractivity contribution < 1.29 is 34.4 Å². The van der Waals surface area contributed by atoms with E-state index >= 15 is 0 Å². The van der Waals surface area contributed by atoms with Crippen LogP contribution >= 0.6 is 0 Å². The fourth-order valence-corrected chi connectivity index (χ4v) is 3.98. The third-order valence-corrected chi connectivity index (χ3v) is 6.42. The summed E-state index contributed by atoms with van der Waals surface area (Å²) < 4.78 is 5.44. The summed E-state index contributed by atoms with van der Waals surface area (Å²) in [6, 6.07) is 0. The van der Waals surface area contributed by atoms with Gasteiger partial charge >= 0.3 is 5.97 Å². The molecular formula is C30H43NO7. The number of carbonyl (C=O) groups excluding carboxylic acids is 3. The zero-order valence-electron chi connectivity index (χ0n) is 23.4. The minimum Gasteiger partial charge on any atom is -0.454 e. The molecule has 1 amide bonds. The molecule has 4 N–H and O–H groups in total. The van der Waals surface area contributed by atoms with Gasteiger partial charge in [-0.25, -0.2) is 0 Å². The molecule has 0 aliphatic heterocycles. The van der Waals surface area contributed by atoms with Gasteiger partial charge in [-0.3, -0.25) is 14.4 Å². The summed E-state index contributed by atoms with van der Waals surface area (Å²) in [4.78, 5) is 37.5. The van der Waals surface area contributed by atoms with Gasteiger partial charge in [0.1, 0.15) is 5.54 Å². The maximum absolute atomic E-state index is 13.0. The number of ether oxygens (including phenoxy) is 1. The Balaban J connectivity index is 2.85. The Morgan fingerprint density at radius 3 is 2.18 bits per heavy atom. The van der Waals surface area contributed by atoms with Crippen LogP contribution in [0.3, 0.4) is 0 Å². The van der Waals surface area contributed by atoms with E-state index in [0.717, 1.165) is 16.7 Å². The van der Waals surface area contributed by atoms with Gasteiger partial charge in [-0.1, -0.05) is 73.6 Å². The molecule has 38 heavy (non-hydrogen) atoms. The number of aliphatic hydroxyl groups excluding tert-OH is 3. The van der Waals surface area contributed by atoms with Crippen LogP contribution in [0.4, 0.5) is 0 Å². The number of hydrogen-bond acceptors (Lipinski definition) is 7. The number of amides is 1. The standard InChI is InChI=1S/C30H43NO7/c1-7-8-10-21(2)11-9-12-22(3)13-14-24-23(4)28(37)25(17-29(24,5)6)38-27(36)16-15-26(35)31-30(18-32,19-33)20-34/h7-14,25,32-34H,15-20H2,1-6H3,(H,31,35). The van der Waals surface area contributed by atoms with E-state index in [-0.39, 0.29) is 18.6 Å². The maximum Gasteiger partial charge on any atom is 0.307 e. The Morgan fingerprint density at radius 2 is 1.61 bits per heavy atom. The number of Topliss-reactive ketones (excluding diaryl/α,β-unsaturated/α-hetero) is 1. The van der Waals surface area contributed by atoms with Gasteiger partial charge in [0.05, 0.1) is 26.2 Å². The molecule has 0 heterocycles. The van der Waals surface area contributed by atoms with Crippen LogP contribution in [-0.2, 0) is 19.1 Å². The Hall–Kier alpha value is -3.07. The predicted octanol–water partition coefficient (Wildman–Crippen LogP) is 3.41. The molecule has 1 aliphatic carbocycles. The minimum atomic E-state index is -1.57. The number of nitrogens with one attached hydrogen (secondary N) is 1. The zero-order chi connectivity index (χ0) is 28.9. The monoisotopic (exact) mass is 529 g/mol. The maximum atomic E-state index is 13.0. The molecule has 0 aromatic carbocycles. The van der Waals surface area contributed by atoms with Crippen molar-refractivity contribution in [3.8, 4) is 0 Å². The molecule has 0 bridgehead atoms. The largest absolute Gasteiger partial charge is 0.454 e. The SMILES string of the molecule is CC=CC=C(C)C=CC=C(C)C=CC1=C(C)C(=O)C(OC(=O)CCC(=O)NC(CO)(CO)CO)CC1(C)C. The summed E-state index contributed by atoms with van der Waals surface area (Å²) in [5.74, 6) is -1.61. The summed E-state index contributed by atoms with van der Waals surface area (Å²) in [6.07, 6.45) is 14.6. The second-order valence-corrected chi connectivity index (χ2v) is 10.3. The van der Waals surface area contributed by atoms with E-state index < -0.39 is 48.8 Å². The first-order valence-corrected chi connectivity index (χ1v) is 12.8. The van der Waals surface area contributed by atoms with Crippen LogP contribution < -0.4 is 5.32 Å². The average Bonchev–Trinajstić information content (AvgIpc) is 2.87. The molecule has 0 saturated carbocycles.